The van der Waals surface area contributed by atoms with Crippen molar-refractivity contribution in [1.82, 2.24) is 4.31 Å². The molecule has 0 heterocycles. The van der Waals surface area contributed by atoms with Crippen molar-refractivity contribution in [3.05, 3.63) is 29.8 Å². The van der Waals surface area contributed by atoms with E-state index >= 15 is 0 Å². The van der Waals surface area contributed by atoms with Gasteiger partial charge >= 0.3 is 0 Å². The van der Waals surface area contributed by atoms with Crippen LogP contribution in [0.25, 0.3) is 0 Å². The SMILES string of the molecule is CN(CC1CCC1)S(=O)(=O)c1ccccc1C#CCCO. The molecule has 0 atom stereocenters. The van der Waals surface area contributed by atoms with Crippen LogP contribution in [0.2, 0.25) is 0 Å². The molecular formula is C16H21NO3S. The van der Waals surface area contributed by atoms with Crippen LogP contribution in [0.15, 0.2) is 29.2 Å². The van der Waals surface area contributed by atoms with Crippen LogP contribution in [0.4, 0.5) is 0 Å². The Balaban J connectivity index is 2.24. The van der Waals surface area contributed by atoms with E-state index in [9.17, 15) is 8.42 Å². The third-order valence-electron chi connectivity index (χ3n) is 3.78. The van der Waals surface area contributed by atoms with E-state index in [4.69, 9.17) is 5.11 Å². The Morgan fingerprint density at radius 2 is 2.05 bits per heavy atom. The molecule has 5 heteroatoms. The summed E-state index contributed by atoms with van der Waals surface area (Å²) in [5, 5.41) is 8.77. The van der Waals surface area contributed by atoms with E-state index in [1.165, 1.54) is 10.7 Å². The third-order valence-corrected chi connectivity index (χ3v) is 5.66. The summed E-state index contributed by atoms with van der Waals surface area (Å²) in [4.78, 5) is 0.247. The van der Waals surface area contributed by atoms with E-state index in [-0.39, 0.29) is 11.5 Å². The van der Waals surface area contributed by atoms with Crippen molar-refractivity contribution in [2.24, 2.45) is 5.92 Å². The van der Waals surface area contributed by atoms with Crippen molar-refractivity contribution in [2.75, 3.05) is 20.2 Å². The monoisotopic (exact) mass is 307 g/mol. The molecular weight excluding hydrogens is 286 g/mol. The van der Waals surface area contributed by atoms with Crippen LogP contribution in [0.1, 0.15) is 31.2 Å². The minimum atomic E-state index is -3.51. The van der Waals surface area contributed by atoms with Crippen molar-refractivity contribution in [3.8, 4) is 11.8 Å². The van der Waals surface area contributed by atoms with Gasteiger partial charge in [-0.2, -0.15) is 0 Å². The molecule has 1 aromatic rings. The second-order valence-corrected chi connectivity index (χ2v) is 7.37. The number of sulfonamides is 1. The lowest BCUT2D eigenvalue weighted by Crippen LogP contribution is -2.34. The lowest BCUT2D eigenvalue weighted by atomic mass is 9.86. The minimum absolute atomic E-state index is 0.0243. The Morgan fingerprint density at radius 1 is 1.33 bits per heavy atom. The zero-order valence-corrected chi connectivity index (χ0v) is 13.1. The van der Waals surface area contributed by atoms with Gasteiger partial charge in [-0.3, -0.25) is 0 Å². The van der Waals surface area contributed by atoms with Crippen LogP contribution in [0.3, 0.4) is 0 Å². The van der Waals surface area contributed by atoms with E-state index in [0.717, 1.165) is 12.8 Å². The highest BCUT2D eigenvalue weighted by Gasteiger charge is 2.27. The van der Waals surface area contributed by atoms with Gasteiger partial charge in [0.25, 0.3) is 0 Å². The number of hydrogen-bond donors (Lipinski definition) is 1. The van der Waals surface area contributed by atoms with Crippen molar-refractivity contribution >= 4 is 10.0 Å². The standard InChI is InChI=1S/C16H21NO3S/c1-17(13-14-7-6-8-14)21(19,20)16-11-3-2-9-15(16)10-4-5-12-18/h2-3,9,11,14,18H,5-8,12-13H2,1H3. The molecule has 2 rings (SSSR count). The lowest BCUT2D eigenvalue weighted by molar-refractivity contribution is 0.263. The average molecular weight is 307 g/mol. The molecule has 1 N–H and O–H groups in total. The van der Waals surface area contributed by atoms with Gasteiger partial charge in [0.2, 0.25) is 10.0 Å². The Bertz CT molecular complexity index is 639. The van der Waals surface area contributed by atoms with Crippen LogP contribution in [-0.4, -0.2) is 38.0 Å². The van der Waals surface area contributed by atoms with Gasteiger partial charge in [-0.1, -0.05) is 30.4 Å². The van der Waals surface area contributed by atoms with Crippen LogP contribution in [0, 0.1) is 17.8 Å². The predicted octanol–water partition coefficient (Wildman–Crippen LogP) is 1.84. The van der Waals surface area contributed by atoms with E-state index < -0.39 is 10.0 Å². The fourth-order valence-electron chi connectivity index (χ4n) is 2.31. The smallest absolute Gasteiger partial charge is 0.244 e. The Labute approximate surface area is 126 Å². The Hall–Kier alpha value is -1.35. The number of aliphatic hydroxyl groups is 1. The zero-order chi connectivity index (χ0) is 15.3. The van der Waals surface area contributed by atoms with Gasteiger partial charge in [-0.05, 0) is 30.9 Å². The molecule has 1 aliphatic rings. The first-order chi connectivity index (χ1) is 10.1. The molecule has 0 unspecified atom stereocenters. The molecule has 21 heavy (non-hydrogen) atoms. The highest BCUT2D eigenvalue weighted by Crippen LogP contribution is 2.29. The van der Waals surface area contributed by atoms with Crippen LogP contribution in [-0.2, 0) is 10.0 Å². The van der Waals surface area contributed by atoms with E-state index in [1.807, 2.05) is 0 Å². The summed E-state index contributed by atoms with van der Waals surface area (Å²) < 4.78 is 26.8. The van der Waals surface area contributed by atoms with Gasteiger partial charge in [0.05, 0.1) is 11.5 Å². The largest absolute Gasteiger partial charge is 0.395 e. The van der Waals surface area contributed by atoms with Crippen molar-refractivity contribution in [1.29, 1.82) is 0 Å². The van der Waals surface area contributed by atoms with Gasteiger partial charge in [0.15, 0.2) is 0 Å². The predicted molar refractivity (Wildman–Crippen MR) is 82.2 cm³/mol. The summed E-state index contributed by atoms with van der Waals surface area (Å²) >= 11 is 0. The molecule has 0 radical (unpaired) electrons. The highest BCUT2D eigenvalue weighted by molar-refractivity contribution is 7.89. The Kier molecular flexibility index (Phi) is 5.40. The zero-order valence-electron chi connectivity index (χ0n) is 12.2. The van der Waals surface area contributed by atoms with E-state index in [2.05, 4.69) is 11.8 Å². The summed E-state index contributed by atoms with van der Waals surface area (Å²) in [5.74, 6) is 6.11. The fraction of sp³-hybridized carbons (Fsp3) is 0.500. The summed E-state index contributed by atoms with van der Waals surface area (Å²) in [6.07, 6.45) is 3.75. The van der Waals surface area contributed by atoms with Crippen LogP contribution >= 0.6 is 0 Å². The summed E-state index contributed by atoms with van der Waals surface area (Å²) in [6.45, 7) is 0.546. The molecule has 1 fully saturated rings. The van der Waals surface area contributed by atoms with Gasteiger partial charge < -0.3 is 5.11 Å². The maximum atomic E-state index is 12.7. The maximum Gasteiger partial charge on any atom is 0.244 e. The first-order valence-corrected chi connectivity index (χ1v) is 8.65. The normalized spacial score (nSPS) is 15.4. The molecule has 1 saturated carbocycles. The molecule has 0 aromatic heterocycles. The molecule has 114 valence electrons. The second-order valence-electron chi connectivity index (χ2n) is 5.35. The third kappa shape index (κ3) is 3.85. The number of aliphatic hydroxyl groups excluding tert-OH is 1. The number of benzene rings is 1. The van der Waals surface area contributed by atoms with Crippen molar-refractivity contribution < 1.29 is 13.5 Å². The van der Waals surface area contributed by atoms with Gasteiger partial charge in [-0.25, -0.2) is 12.7 Å². The van der Waals surface area contributed by atoms with Gasteiger partial charge in [0.1, 0.15) is 0 Å². The average Bonchev–Trinajstić information content (AvgIpc) is 2.43. The van der Waals surface area contributed by atoms with Crippen LogP contribution < -0.4 is 0 Å². The second kappa shape index (κ2) is 7.08. The van der Waals surface area contributed by atoms with Gasteiger partial charge in [0, 0.05) is 25.6 Å². The van der Waals surface area contributed by atoms with Gasteiger partial charge in [-0.15, -0.1) is 0 Å². The van der Waals surface area contributed by atoms with Crippen molar-refractivity contribution in [3.63, 3.8) is 0 Å². The molecule has 0 amide bonds. The minimum Gasteiger partial charge on any atom is -0.395 e. The lowest BCUT2D eigenvalue weighted by Gasteiger charge is -2.29. The van der Waals surface area contributed by atoms with Crippen LogP contribution in [0.5, 0.6) is 0 Å². The first-order valence-electron chi connectivity index (χ1n) is 7.21. The summed E-state index contributed by atoms with van der Waals surface area (Å²) in [6, 6.07) is 6.78. The molecule has 0 saturated heterocycles. The summed E-state index contributed by atoms with van der Waals surface area (Å²) in [5.41, 5.74) is 0.492. The number of rotatable bonds is 5. The topological polar surface area (TPSA) is 57.6 Å². The molecule has 1 aromatic carbocycles. The molecule has 0 aliphatic heterocycles. The maximum absolute atomic E-state index is 12.7. The molecule has 4 nitrogen and oxygen atoms in total. The van der Waals surface area contributed by atoms with E-state index in [1.54, 1.807) is 31.3 Å². The fourth-order valence-corrected chi connectivity index (χ4v) is 3.70. The number of nitrogens with zero attached hydrogens (tertiary/aromatic N) is 1. The van der Waals surface area contributed by atoms with E-state index in [0.29, 0.717) is 24.4 Å². The number of hydrogen-bond acceptors (Lipinski definition) is 3. The molecule has 1 aliphatic carbocycles. The first kappa shape index (κ1) is 16.0. The highest BCUT2D eigenvalue weighted by atomic mass is 32.2. The molecule has 0 bridgehead atoms. The quantitative estimate of drug-likeness (QED) is 0.845. The van der Waals surface area contributed by atoms with Crippen molar-refractivity contribution in [2.45, 2.75) is 30.6 Å². The summed E-state index contributed by atoms with van der Waals surface area (Å²) in [7, 11) is -1.88. The Morgan fingerprint density at radius 3 is 2.67 bits per heavy atom. The molecule has 0 spiro atoms.